The van der Waals surface area contributed by atoms with E-state index in [9.17, 15) is 0 Å². The molecule has 0 fully saturated rings. The third kappa shape index (κ3) is 2.66. The molecule has 0 aromatic carbocycles. The lowest BCUT2D eigenvalue weighted by molar-refractivity contribution is 0.397. The fraction of sp³-hybridized carbons (Fsp3) is 0.182. The van der Waals surface area contributed by atoms with Crippen molar-refractivity contribution in [1.29, 1.82) is 0 Å². The number of hydrogen-bond donors (Lipinski definition) is 1. The maximum absolute atomic E-state index is 5.00. The van der Waals surface area contributed by atoms with Crippen LogP contribution < -0.4 is 10.1 Å². The number of rotatable bonds is 4. The second kappa shape index (κ2) is 5.06. The number of nitrogens with one attached hydrogen (secondary N) is 1. The summed E-state index contributed by atoms with van der Waals surface area (Å²) in [5.41, 5.74) is 0.939. The molecule has 82 valence electrons. The Kier molecular flexibility index (Phi) is 3.28. The molecule has 0 saturated carbocycles. The highest BCUT2D eigenvalue weighted by Gasteiger charge is 1.98. The number of nitrogens with zero attached hydrogens (tertiary/aromatic N) is 3. The lowest BCUT2D eigenvalue weighted by Gasteiger charge is -2.04. The van der Waals surface area contributed by atoms with Gasteiger partial charge in [-0.15, -0.1) is 0 Å². The summed E-state index contributed by atoms with van der Waals surface area (Å²) in [5.74, 6) is 1.07. The molecule has 0 atom stereocenters. The molecule has 16 heavy (non-hydrogen) atoms. The Balaban J connectivity index is 1.99. The first-order valence-electron chi connectivity index (χ1n) is 4.89. The van der Waals surface area contributed by atoms with E-state index in [2.05, 4.69) is 20.3 Å². The molecule has 0 aliphatic rings. The van der Waals surface area contributed by atoms with E-state index < -0.39 is 0 Å². The number of anilines is 1. The van der Waals surface area contributed by atoms with E-state index in [4.69, 9.17) is 4.74 Å². The van der Waals surface area contributed by atoms with Gasteiger partial charge >= 0.3 is 0 Å². The molecule has 0 radical (unpaired) electrons. The van der Waals surface area contributed by atoms with Crippen LogP contribution in [0, 0.1) is 0 Å². The number of ether oxygens (including phenoxy) is 1. The van der Waals surface area contributed by atoms with Crippen molar-refractivity contribution in [2.75, 3.05) is 12.4 Å². The molecule has 0 aliphatic carbocycles. The van der Waals surface area contributed by atoms with Gasteiger partial charge in [-0.2, -0.15) is 4.98 Å². The largest absolute Gasteiger partial charge is 0.481 e. The van der Waals surface area contributed by atoms with Gasteiger partial charge in [0.1, 0.15) is 0 Å². The average Bonchev–Trinajstić information content (AvgIpc) is 2.38. The predicted octanol–water partition coefficient (Wildman–Crippen LogP) is 1.49. The first-order chi connectivity index (χ1) is 7.88. The van der Waals surface area contributed by atoms with Crippen molar-refractivity contribution < 1.29 is 4.74 Å². The van der Waals surface area contributed by atoms with E-state index in [0.29, 0.717) is 18.4 Å². The average molecular weight is 216 g/mol. The third-order valence-corrected chi connectivity index (χ3v) is 1.99. The summed E-state index contributed by atoms with van der Waals surface area (Å²) >= 11 is 0. The van der Waals surface area contributed by atoms with Gasteiger partial charge in [0.2, 0.25) is 11.8 Å². The second-order valence-electron chi connectivity index (χ2n) is 3.10. The molecule has 2 rings (SSSR count). The van der Waals surface area contributed by atoms with Crippen LogP contribution in [-0.2, 0) is 6.54 Å². The van der Waals surface area contributed by atoms with Gasteiger partial charge in [-0.05, 0) is 12.1 Å². The smallest absolute Gasteiger partial charge is 0.226 e. The summed E-state index contributed by atoms with van der Waals surface area (Å²) in [5, 5.41) is 3.07. The normalized spacial score (nSPS) is 9.81. The van der Waals surface area contributed by atoms with Crippen LogP contribution in [0.2, 0.25) is 0 Å². The van der Waals surface area contributed by atoms with Crippen LogP contribution in [0.4, 0.5) is 5.95 Å². The molecule has 0 spiro atoms. The predicted molar refractivity (Wildman–Crippen MR) is 60.1 cm³/mol. The van der Waals surface area contributed by atoms with Gasteiger partial charge in [0.25, 0.3) is 0 Å². The molecule has 1 N–H and O–H groups in total. The number of hydrogen-bond acceptors (Lipinski definition) is 5. The standard InChI is InChI=1S/C11H12N4O/c1-16-10-5-7-13-11(15-10)14-8-9-4-2-3-6-12-9/h2-7H,8H2,1H3,(H,13,14,15). The highest BCUT2D eigenvalue weighted by atomic mass is 16.5. The van der Waals surface area contributed by atoms with Gasteiger partial charge in [0, 0.05) is 18.5 Å². The third-order valence-electron chi connectivity index (χ3n) is 1.99. The van der Waals surface area contributed by atoms with E-state index in [1.54, 1.807) is 25.6 Å². The molecule has 0 amide bonds. The van der Waals surface area contributed by atoms with Gasteiger partial charge < -0.3 is 10.1 Å². The first-order valence-corrected chi connectivity index (χ1v) is 4.89. The van der Waals surface area contributed by atoms with E-state index >= 15 is 0 Å². The van der Waals surface area contributed by atoms with Crippen LogP contribution >= 0.6 is 0 Å². The van der Waals surface area contributed by atoms with E-state index in [1.807, 2.05) is 18.2 Å². The minimum atomic E-state index is 0.532. The van der Waals surface area contributed by atoms with E-state index in [-0.39, 0.29) is 0 Å². The Bertz CT molecular complexity index is 447. The fourth-order valence-electron chi connectivity index (χ4n) is 1.21. The van der Waals surface area contributed by atoms with Crippen LogP contribution in [-0.4, -0.2) is 22.1 Å². The molecule has 0 aliphatic heterocycles. The molecule has 2 heterocycles. The summed E-state index contributed by atoms with van der Waals surface area (Å²) in [6, 6.07) is 7.46. The maximum Gasteiger partial charge on any atom is 0.226 e. The van der Waals surface area contributed by atoms with Crippen molar-refractivity contribution in [2.24, 2.45) is 0 Å². The van der Waals surface area contributed by atoms with E-state index in [1.165, 1.54) is 0 Å². The van der Waals surface area contributed by atoms with Crippen molar-refractivity contribution in [3.63, 3.8) is 0 Å². The Morgan fingerprint density at radius 3 is 2.88 bits per heavy atom. The second-order valence-corrected chi connectivity index (χ2v) is 3.10. The van der Waals surface area contributed by atoms with E-state index in [0.717, 1.165) is 5.69 Å². The van der Waals surface area contributed by atoms with Crippen LogP contribution in [0.1, 0.15) is 5.69 Å². The molecule has 0 unspecified atom stereocenters. The van der Waals surface area contributed by atoms with Gasteiger partial charge in [-0.1, -0.05) is 6.07 Å². The van der Waals surface area contributed by atoms with Crippen molar-refractivity contribution in [3.05, 3.63) is 42.4 Å². The summed E-state index contributed by atoms with van der Waals surface area (Å²) < 4.78 is 5.00. The zero-order valence-corrected chi connectivity index (χ0v) is 8.92. The number of aromatic nitrogens is 3. The monoisotopic (exact) mass is 216 g/mol. The number of pyridine rings is 1. The van der Waals surface area contributed by atoms with Crippen LogP contribution in [0.25, 0.3) is 0 Å². The van der Waals surface area contributed by atoms with Gasteiger partial charge in [0.15, 0.2) is 0 Å². The summed E-state index contributed by atoms with van der Waals surface area (Å²) in [6.45, 7) is 0.591. The molecule has 5 heteroatoms. The van der Waals surface area contributed by atoms with Gasteiger partial charge in [-0.3, -0.25) is 4.98 Å². The SMILES string of the molecule is COc1ccnc(NCc2ccccn2)n1. The zero-order valence-electron chi connectivity index (χ0n) is 8.92. The highest BCUT2D eigenvalue weighted by Crippen LogP contribution is 2.07. The topological polar surface area (TPSA) is 59.9 Å². The Morgan fingerprint density at radius 2 is 2.12 bits per heavy atom. The number of methoxy groups -OCH3 is 1. The van der Waals surface area contributed by atoms with Crippen LogP contribution in [0.15, 0.2) is 36.7 Å². The molecule has 2 aromatic rings. The van der Waals surface area contributed by atoms with Crippen molar-refractivity contribution in [3.8, 4) is 5.88 Å². The summed E-state index contributed by atoms with van der Waals surface area (Å²) in [4.78, 5) is 12.4. The van der Waals surface area contributed by atoms with Crippen molar-refractivity contribution in [2.45, 2.75) is 6.54 Å². The van der Waals surface area contributed by atoms with Crippen molar-refractivity contribution in [1.82, 2.24) is 15.0 Å². The van der Waals surface area contributed by atoms with Gasteiger partial charge in [-0.25, -0.2) is 4.98 Å². The van der Waals surface area contributed by atoms with Crippen LogP contribution in [0.5, 0.6) is 5.88 Å². The zero-order chi connectivity index (χ0) is 11.2. The highest BCUT2D eigenvalue weighted by molar-refractivity contribution is 5.28. The van der Waals surface area contributed by atoms with Gasteiger partial charge in [0.05, 0.1) is 19.3 Å². The minimum absolute atomic E-state index is 0.532. The molecule has 0 saturated heterocycles. The fourth-order valence-corrected chi connectivity index (χ4v) is 1.21. The molecule has 2 aromatic heterocycles. The molecule has 5 nitrogen and oxygen atoms in total. The first kappa shape index (κ1) is 10.4. The summed E-state index contributed by atoms with van der Waals surface area (Å²) in [6.07, 6.45) is 3.40. The molecular formula is C11H12N4O. The molecular weight excluding hydrogens is 204 g/mol. The quantitative estimate of drug-likeness (QED) is 0.839. The minimum Gasteiger partial charge on any atom is -0.481 e. The lowest BCUT2D eigenvalue weighted by Crippen LogP contribution is -2.05. The Morgan fingerprint density at radius 1 is 1.19 bits per heavy atom. The molecule has 0 bridgehead atoms. The van der Waals surface area contributed by atoms with Crippen molar-refractivity contribution >= 4 is 5.95 Å². The summed E-state index contributed by atoms with van der Waals surface area (Å²) in [7, 11) is 1.57. The lowest BCUT2D eigenvalue weighted by atomic mass is 10.3. The van der Waals surface area contributed by atoms with Crippen LogP contribution in [0.3, 0.4) is 0 Å². The maximum atomic E-state index is 5.00. The Labute approximate surface area is 93.5 Å². The Hall–Kier alpha value is -2.17.